The molecule has 134 valence electrons. The number of methoxy groups -OCH3 is 1. The summed E-state index contributed by atoms with van der Waals surface area (Å²) in [6, 6.07) is 3.71. The number of hydrogen-bond acceptors (Lipinski definition) is 5. The minimum Gasteiger partial charge on any atom is -0.494 e. The summed E-state index contributed by atoms with van der Waals surface area (Å²) in [6.45, 7) is -0.184. The number of likely N-dealkylation sites (tertiary alicyclic amines) is 1. The molecule has 1 aromatic heterocycles. The number of aromatic nitrogens is 2. The second-order valence-corrected chi connectivity index (χ2v) is 6.70. The van der Waals surface area contributed by atoms with Gasteiger partial charge in [0.2, 0.25) is 11.8 Å². The van der Waals surface area contributed by atoms with Gasteiger partial charge in [0.05, 0.1) is 19.7 Å². The molecule has 0 N–H and O–H groups in total. The summed E-state index contributed by atoms with van der Waals surface area (Å²) in [5.41, 5.74) is 0.683. The van der Waals surface area contributed by atoms with E-state index in [1.807, 2.05) is 0 Å². The van der Waals surface area contributed by atoms with Gasteiger partial charge in [-0.3, -0.25) is 4.90 Å². The van der Waals surface area contributed by atoms with Gasteiger partial charge in [-0.15, -0.1) is 10.2 Å². The van der Waals surface area contributed by atoms with Gasteiger partial charge in [0.15, 0.2) is 11.6 Å². The zero-order chi connectivity index (χ0) is 17.6. The highest BCUT2D eigenvalue weighted by Gasteiger charge is 2.48. The minimum absolute atomic E-state index is 0.0915. The molecule has 2 heterocycles. The monoisotopic (exact) mass is 353 g/mol. The van der Waals surface area contributed by atoms with Crippen molar-refractivity contribution < 1.29 is 22.3 Å². The van der Waals surface area contributed by atoms with Gasteiger partial charge in [0, 0.05) is 18.9 Å². The summed E-state index contributed by atoms with van der Waals surface area (Å²) in [5, 5.41) is 7.98. The fourth-order valence-corrected chi connectivity index (χ4v) is 3.21. The minimum atomic E-state index is -2.83. The summed E-state index contributed by atoms with van der Waals surface area (Å²) in [5.74, 6) is -2.18. The molecule has 0 bridgehead atoms. The second kappa shape index (κ2) is 6.01. The number of halogens is 3. The highest BCUT2D eigenvalue weighted by molar-refractivity contribution is 5.30. The van der Waals surface area contributed by atoms with Gasteiger partial charge < -0.3 is 9.15 Å². The molecule has 2 fully saturated rings. The Hall–Kier alpha value is -2.09. The molecule has 1 aliphatic heterocycles. The quantitative estimate of drug-likeness (QED) is 0.821. The lowest BCUT2D eigenvalue weighted by Crippen LogP contribution is -2.26. The Kier molecular flexibility index (Phi) is 3.94. The fraction of sp³-hybridized carbons (Fsp3) is 0.529. The molecule has 0 unspecified atom stereocenters. The van der Waals surface area contributed by atoms with Gasteiger partial charge in [0.1, 0.15) is 0 Å². The van der Waals surface area contributed by atoms with Crippen molar-refractivity contribution in [3.8, 4) is 5.75 Å². The maximum absolute atomic E-state index is 14.0. The number of rotatable bonds is 5. The molecule has 2 aromatic rings. The van der Waals surface area contributed by atoms with Crippen LogP contribution in [-0.2, 0) is 6.54 Å². The summed E-state index contributed by atoms with van der Waals surface area (Å²) >= 11 is 0. The van der Waals surface area contributed by atoms with Gasteiger partial charge in [0.25, 0.3) is 5.92 Å². The molecule has 1 aliphatic carbocycles. The highest BCUT2D eigenvalue weighted by Crippen LogP contribution is 2.44. The van der Waals surface area contributed by atoms with Crippen molar-refractivity contribution in [2.75, 3.05) is 13.7 Å². The van der Waals surface area contributed by atoms with E-state index in [1.54, 1.807) is 11.0 Å². The lowest BCUT2D eigenvalue weighted by Gasteiger charge is -2.21. The average Bonchev–Trinajstić information content (AvgIpc) is 3.22. The summed E-state index contributed by atoms with van der Waals surface area (Å²) < 4.78 is 52.1. The average molecular weight is 353 g/mol. The number of ether oxygens (including phenoxy) is 1. The Morgan fingerprint density at radius 3 is 2.76 bits per heavy atom. The van der Waals surface area contributed by atoms with E-state index in [-0.39, 0.29) is 30.5 Å². The smallest absolute Gasteiger partial charge is 0.262 e. The van der Waals surface area contributed by atoms with Crippen LogP contribution in [0.3, 0.4) is 0 Å². The first-order valence-corrected chi connectivity index (χ1v) is 8.23. The Balaban J connectivity index is 1.57. The highest BCUT2D eigenvalue weighted by atomic mass is 19.3. The molecule has 8 heteroatoms. The Bertz CT molecular complexity index is 776. The third kappa shape index (κ3) is 3.35. The van der Waals surface area contributed by atoms with Crippen molar-refractivity contribution in [1.29, 1.82) is 0 Å². The molecule has 1 saturated heterocycles. The Morgan fingerprint density at radius 1 is 1.28 bits per heavy atom. The maximum Gasteiger partial charge on any atom is 0.262 e. The normalized spacial score (nSPS) is 23.1. The van der Waals surface area contributed by atoms with Crippen LogP contribution in [0.15, 0.2) is 22.6 Å². The van der Waals surface area contributed by atoms with Gasteiger partial charge in [-0.1, -0.05) is 6.07 Å². The van der Waals surface area contributed by atoms with E-state index in [9.17, 15) is 13.2 Å². The Morgan fingerprint density at radius 2 is 2.04 bits per heavy atom. The van der Waals surface area contributed by atoms with E-state index < -0.39 is 24.3 Å². The van der Waals surface area contributed by atoms with Gasteiger partial charge >= 0.3 is 0 Å². The van der Waals surface area contributed by atoms with Crippen molar-refractivity contribution in [2.24, 2.45) is 0 Å². The summed E-state index contributed by atoms with van der Waals surface area (Å²) in [4.78, 5) is 1.59. The van der Waals surface area contributed by atoms with Crippen molar-refractivity contribution in [3.63, 3.8) is 0 Å². The van der Waals surface area contributed by atoms with Crippen LogP contribution in [0.2, 0.25) is 0 Å². The predicted molar refractivity (Wildman–Crippen MR) is 81.9 cm³/mol. The number of alkyl halides is 2. The van der Waals surface area contributed by atoms with Gasteiger partial charge in [-0.25, -0.2) is 13.2 Å². The zero-order valence-electron chi connectivity index (χ0n) is 13.7. The number of benzene rings is 1. The topological polar surface area (TPSA) is 51.4 Å². The fourth-order valence-electron chi connectivity index (χ4n) is 3.21. The van der Waals surface area contributed by atoms with Crippen LogP contribution in [-0.4, -0.2) is 34.7 Å². The van der Waals surface area contributed by atoms with Crippen LogP contribution in [0.1, 0.15) is 48.6 Å². The molecule has 0 radical (unpaired) electrons. The van der Waals surface area contributed by atoms with E-state index in [0.717, 1.165) is 12.8 Å². The molecule has 25 heavy (non-hydrogen) atoms. The third-order valence-corrected chi connectivity index (χ3v) is 4.64. The zero-order valence-corrected chi connectivity index (χ0v) is 13.7. The van der Waals surface area contributed by atoms with Crippen molar-refractivity contribution in [3.05, 3.63) is 41.4 Å². The van der Waals surface area contributed by atoms with Gasteiger partial charge in [-0.05, 0) is 30.5 Å². The maximum atomic E-state index is 14.0. The summed E-state index contributed by atoms with van der Waals surface area (Å²) in [7, 11) is 1.37. The van der Waals surface area contributed by atoms with E-state index in [1.165, 1.54) is 19.2 Å². The number of nitrogens with zero attached hydrogens (tertiary/aromatic N) is 3. The molecule has 5 nitrogen and oxygen atoms in total. The molecular weight excluding hydrogens is 335 g/mol. The van der Waals surface area contributed by atoms with Crippen LogP contribution < -0.4 is 4.74 Å². The molecule has 2 aliphatic rings. The molecule has 1 aromatic carbocycles. The lowest BCUT2D eigenvalue weighted by atomic mass is 10.1. The first kappa shape index (κ1) is 16.4. The van der Waals surface area contributed by atoms with Crippen molar-refractivity contribution in [2.45, 2.75) is 43.7 Å². The Labute approximate surface area is 142 Å². The molecule has 0 spiro atoms. The molecule has 0 amide bonds. The predicted octanol–water partition coefficient (Wildman–Crippen LogP) is 3.68. The van der Waals surface area contributed by atoms with Crippen LogP contribution in [0.25, 0.3) is 0 Å². The standard InChI is InChI=1S/C17H18F3N3O2/c1-24-14-6-10(2-5-12(14)18)8-23-9-17(19,20)7-13(23)16-22-21-15(25-16)11-3-4-11/h2,5-6,11,13H,3-4,7-9H2,1H3/t13-/m0/s1. The van der Waals surface area contributed by atoms with E-state index >= 15 is 0 Å². The van der Waals surface area contributed by atoms with E-state index in [0.29, 0.717) is 11.5 Å². The van der Waals surface area contributed by atoms with Crippen LogP contribution in [0.4, 0.5) is 13.2 Å². The lowest BCUT2D eigenvalue weighted by molar-refractivity contribution is 0.0112. The molecular formula is C17H18F3N3O2. The van der Waals surface area contributed by atoms with Gasteiger partial charge in [-0.2, -0.15) is 0 Å². The molecule has 4 rings (SSSR count). The van der Waals surface area contributed by atoms with Crippen molar-refractivity contribution in [1.82, 2.24) is 15.1 Å². The largest absolute Gasteiger partial charge is 0.494 e. The van der Waals surface area contributed by atoms with Crippen LogP contribution in [0, 0.1) is 5.82 Å². The van der Waals surface area contributed by atoms with Crippen LogP contribution >= 0.6 is 0 Å². The first-order valence-electron chi connectivity index (χ1n) is 8.23. The van der Waals surface area contributed by atoms with Crippen molar-refractivity contribution >= 4 is 0 Å². The SMILES string of the molecule is COc1cc(CN2CC(F)(F)C[C@H]2c2nnc(C3CC3)o2)ccc1F. The second-order valence-electron chi connectivity index (χ2n) is 6.70. The summed E-state index contributed by atoms with van der Waals surface area (Å²) in [6.07, 6.45) is 1.64. The third-order valence-electron chi connectivity index (χ3n) is 4.64. The molecule has 1 saturated carbocycles. The first-order chi connectivity index (χ1) is 11.9. The van der Waals surface area contributed by atoms with Crippen LogP contribution in [0.5, 0.6) is 5.75 Å². The molecule has 1 atom stereocenters. The number of hydrogen-bond donors (Lipinski definition) is 0. The van der Waals surface area contributed by atoms with E-state index in [4.69, 9.17) is 9.15 Å². The van der Waals surface area contributed by atoms with E-state index in [2.05, 4.69) is 10.2 Å².